The predicted octanol–water partition coefficient (Wildman–Crippen LogP) is 1.94. The summed E-state index contributed by atoms with van der Waals surface area (Å²) in [6, 6.07) is 0. The predicted molar refractivity (Wildman–Crippen MR) is 57.6 cm³/mol. The van der Waals surface area contributed by atoms with Gasteiger partial charge in [-0.25, -0.2) is 0 Å². The van der Waals surface area contributed by atoms with Crippen LogP contribution in [0.15, 0.2) is 12.2 Å². The van der Waals surface area contributed by atoms with Crippen LogP contribution in [0.3, 0.4) is 0 Å². The third kappa shape index (κ3) is 4.53. The smallest absolute Gasteiger partial charge is 0.192 e. The molecule has 0 aliphatic carbocycles. The molecule has 82 valence electrons. The van der Waals surface area contributed by atoms with E-state index in [0.717, 1.165) is 13.0 Å². The Morgan fingerprint density at radius 1 is 1.50 bits per heavy atom. The molecule has 0 fully saturated rings. The number of carbonyl (C=O) groups excluding carboxylic acids is 1. The van der Waals surface area contributed by atoms with E-state index in [9.17, 15) is 4.79 Å². The van der Waals surface area contributed by atoms with Crippen LogP contribution in [0.25, 0.3) is 0 Å². The molecular formula is C11H22NO2+. The molecule has 0 rings (SSSR count). The van der Waals surface area contributed by atoms with Gasteiger partial charge in [0.25, 0.3) is 0 Å². The van der Waals surface area contributed by atoms with Crippen LogP contribution in [-0.4, -0.2) is 37.2 Å². The van der Waals surface area contributed by atoms with E-state index < -0.39 is 6.10 Å². The van der Waals surface area contributed by atoms with Gasteiger partial charge in [0.2, 0.25) is 0 Å². The van der Waals surface area contributed by atoms with Crippen molar-refractivity contribution in [2.45, 2.75) is 33.3 Å². The van der Waals surface area contributed by atoms with Crippen LogP contribution >= 0.6 is 0 Å². The Balaban J connectivity index is 4.23. The van der Waals surface area contributed by atoms with Crippen LogP contribution in [0.5, 0.6) is 0 Å². The lowest BCUT2D eigenvalue weighted by atomic mass is 10.1. The molecule has 0 N–H and O–H groups in total. The van der Waals surface area contributed by atoms with E-state index in [0.29, 0.717) is 10.2 Å². The first-order valence-electron chi connectivity index (χ1n) is 5.01. The molecule has 0 saturated carbocycles. The van der Waals surface area contributed by atoms with E-state index in [1.807, 2.05) is 14.1 Å². The molecule has 1 unspecified atom stereocenters. The molecule has 0 aromatic heterocycles. The van der Waals surface area contributed by atoms with Crippen molar-refractivity contribution in [1.82, 2.24) is 0 Å². The van der Waals surface area contributed by atoms with Crippen molar-refractivity contribution < 1.29 is 14.3 Å². The molecule has 0 spiro atoms. The summed E-state index contributed by atoms with van der Waals surface area (Å²) in [5.41, 5.74) is 0.550. The van der Waals surface area contributed by atoms with Crippen LogP contribution in [0.2, 0.25) is 0 Å². The molecule has 0 amide bonds. The first kappa shape index (κ1) is 13.3. The highest BCUT2D eigenvalue weighted by atomic mass is 16.7. The van der Waals surface area contributed by atoms with Crippen molar-refractivity contribution in [3.05, 3.63) is 12.2 Å². The molecule has 14 heavy (non-hydrogen) atoms. The van der Waals surface area contributed by atoms with Gasteiger partial charge < -0.3 is 0 Å². The molecule has 0 bridgehead atoms. The average Bonchev–Trinajstić information content (AvgIpc) is 2.01. The summed E-state index contributed by atoms with van der Waals surface area (Å²) < 4.78 is 0.413. The number of nitrogens with zero attached hydrogens (tertiary/aromatic N) is 1. The van der Waals surface area contributed by atoms with Gasteiger partial charge in [0, 0.05) is 0 Å². The van der Waals surface area contributed by atoms with Gasteiger partial charge in [0.05, 0.1) is 14.1 Å². The fourth-order valence-electron chi connectivity index (χ4n) is 1.41. The number of Topliss-reactive ketones (excluding diaryl/α,β-unsaturated/α-hetero) is 1. The molecule has 0 radical (unpaired) electrons. The van der Waals surface area contributed by atoms with Gasteiger partial charge in [-0.15, -0.1) is 0 Å². The highest BCUT2D eigenvalue weighted by Crippen LogP contribution is 2.08. The van der Waals surface area contributed by atoms with Gasteiger partial charge in [-0.05, 0) is 25.8 Å². The Kier molecular flexibility index (Phi) is 5.02. The van der Waals surface area contributed by atoms with Crippen molar-refractivity contribution in [3.8, 4) is 0 Å². The summed E-state index contributed by atoms with van der Waals surface area (Å²) in [4.78, 5) is 17.1. The minimum absolute atomic E-state index is 0.0210. The molecule has 0 aliphatic rings. The van der Waals surface area contributed by atoms with Gasteiger partial charge in [-0.2, -0.15) is 9.48 Å². The Morgan fingerprint density at radius 2 is 2.00 bits per heavy atom. The van der Waals surface area contributed by atoms with Gasteiger partial charge in [0.1, 0.15) is 6.54 Å². The zero-order chi connectivity index (χ0) is 11.4. The Labute approximate surface area is 86.9 Å². The third-order valence-corrected chi connectivity index (χ3v) is 2.00. The minimum Gasteiger partial charge on any atom is -0.291 e. The van der Waals surface area contributed by atoms with Crippen LogP contribution in [0, 0.1) is 0 Å². The van der Waals surface area contributed by atoms with E-state index in [1.54, 1.807) is 13.8 Å². The Hall–Kier alpha value is -0.670. The summed E-state index contributed by atoms with van der Waals surface area (Å²) in [6.45, 7) is 10.1. The number of hydrogen-bond donors (Lipinski definition) is 0. The Morgan fingerprint density at radius 3 is 2.36 bits per heavy atom. The fraction of sp³-hybridized carbons (Fsp3) is 0.727. The van der Waals surface area contributed by atoms with Crippen molar-refractivity contribution >= 4 is 5.78 Å². The number of carbonyl (C=O) groups is 1. The third-order valence-electron chi connectivity index (χ3n) is 2.00. The number of hydroxylamine groups is 3. The van der Waals surface area contributed by atoms with Gasteiger partial charge in [0.15, 0.2) is 11.9 Å². The average molecular weight is 200 g/mol. The molecule has 1 atom stereocenters. The van der Waals surface area contributed by atoms with Crippen molar-refractivity contribution in [1.29, 1.82) is 0 Å². The maximum absolute atomic E-state index is 11.5. The largest absolute Gasteiger partial charge is 0.291 e. The normalized spacial score (nSPS) is 13.8. The SMILES string of the molecule is C=C(C)C(=O)C(C)O[N+](C)(C)CCC. The van der Waals surface area contributed by atoms with Crippen LogP contribution in [-0.2, 0) is 9.63 Å². The van der Waals surface area contributed by atoms with E-state index in [2.05, 4.69) is 13.5 Å². The second kappa shape index (κ2) is 5.27. The maximum atomic E-state index is 11.5. The highest BCUT2D eigenvalue weighted by Gasteiger charge is 2.24. The number of ketones is 1. The molecule has 0 saturated heterocycles. The van der Waals surface area contributed by atoms with Crippen LogP contribution < -0.4 is 0 Å². The lowest BCUT2D eigenvalue weighted by molar-refractivity contribution is -1.08. The standard InChI is InChI=1S/C11H22NO2/c1-7-8-12(5,6)14-10(4)11(13)9(2)3/h10H,2,7-8H2,1,3-6H3/q+1. The second-order valence-corrected chi connectivity index (χ2v) is 4.19. The van der Waals surface area contributed by atoms with Gasteiger partial charge in [-0.3, -0.25) is 4.79 Å². The summed E-state index contributed by atoms with van der Waals surface area (Å²) in [7, 11) is 3.90. The zero-order valence-corrected chi connectivity index (χ0v) is 9.96. The maximum Gasteiger partial charge on any atom is 0.192 e. The second-order valence-electron chi connectivity index (χ2n) is 4.19. The molecule has 3 nitrogen and oxygen atoms in total. The zero-order valence-electron chi connectivity index (χ0n) is 9.96. The van der Waals surface area contributed by atoms with Crippen LogP contribution in [0.4, 0.5) is 0 Å². The molecule has 3 heteroatoms. The van der Waals surface area contributed by atoms with E-state index in [1.165, 1.54) is 0 Å². The van der Waals surface area contributed by atoms with Crippen LogP contribution in [0.1, 0.15) is 27.2 Å². The lowest BCUT2D eigenvalue weighted by Gasteiger charge is -2.29. The Bertz CT molecular complexity index is 221. The monoisotopic (exact) mass is 200 g/mol. The molecule has 0 aromatic rings. The minimum atomic E-state index is -0.408. The summed E-state index contributed by atoms with van der Waals surface area (Å²) in [5, 5.41) is 0. The number of quaternary nitrogens is 1. The van der Waals surface area contributed by atoms with Crippen molar-refractivity contribution in [2.24, 2.45) is 0 Å². The molecule has 0 aliphatic heterocycles. The quantitative estimate of drug-likeness (QED) is 0.372. The first-order chi connectivity index (χ1) is 6.30. The summed E-state index contributed by atoms with van der Waals surface area (Å²) >= 11 is 0. The summed E-state index contributed by atoms with van der Waals surface area (Å²) in [6.07, 6.45) is 0.620. The number of hydrogen-bond acceptors (Lipinski definition) is 2. The lowest BCUT2D eigenvalue weighted by Crippen LogP contribution is -2.45. The van der Waals surface area contributed by atoms with Crippen molar-refractivity contribution in [2.75, 3.05) is 20.6 Å². The van der Waals surface area contributed by atoms with E-state index in [-0.39, 0.29) is 5.78 Å². The molecular weight excluding hydrogens is 178 g/mol. The number of rotatable bonds is 6. The molecule has 0 aromatic carbocycles. The van der Waals surface area contributed by atoms with E-state index in [4.69, 9.17) is 4.84 Å². The van der Waals surface area contributed by atoms with E-state index >= 15 is 0 Å². The fourth-order valence-corrected chi connectivity index (χ4v) is 1.41. The topological polar surface area (TPSA) is 26.3 Å². The molecule has 0 heterocycles. The van der Waals surface area contributed by atoms with Gasteiger partial charge >= 0.3 is 0 Å². The van der Waals surface area contributed by atoms with Crippen molar-refractivity contribution in [3.63, 3.8) is 0 Å². The first-order valence-corrected chi connectivity index (χ1v) is 5.01. The van der Waals surface area contributed by atoms with Gasteiger partial charge in [-0.1, -0.05) is 13.5 Å². The summed E-state index contributed by atoms with van der Waals surface area (Å²) in [5.74, 6) is -0.0210. The highest BCUT2D eigenvalue weighted by molar-refractivity contribution is 5.97.